The number of H-pyrrole nitrogens is 1. The minimum absolute atomic E-state index is 0.117. The van der Waals surface area contributed by atoms with Crippen molar-refractivity contribution in [1.29, 1.82) is 0 Å². The number of aromatic amines is 1. The average Bonchev–Trinajstić information content (AvgIpc) is 2.82. The second-order valence-corrected chi connectivity index (χ2v) is 5.26. The molecule has 3 rings (SSSR count). The summed E-state index contributed by atoms with van der Waals surface area (Å²) in [6.07, 6.45) is 9.49. The van der Waals surface area contributed by atoms with Crippen LogP contribution >= 0.6 is 0 Å². The number of hydrogen-bond donors (Lipinski definition) is 3. The number of hydrazine groups is 1. The smallest absolute Gasteiger partial charge is 0.124 e. The van der Waals surface area contributed by atoms with E-state index in [1.165, 1.54) is 19.3 Å². The van der Waals surface area contributed by atoms with E-state index in [-0.39, 0.29) is 11.6 Å². The minimum atomic E-state index is 0.117. The Balaban J connectivity index is 1.73. The molecule has 5 nitrogen and oxygen atoms in total. The Kier molecular flexibility index (Phi) is 2.90. The molecule has 1 saturated heterocycles. The molecule has 2 fully saturated rings. The minimum Gasteiger partial charge on any atom is -0.375 e. The molecule has 1 aliphatic heterocycles. The van der Waals surface area contributed by atoms with Crippen molar-refractivity contribution in [2.45, 2.75) is 43.7 Å². The molecule has 0 amide bonds. The fourth-order valence-corrected chi connectivity index (χ4v) is 3.16. The SMILES string of the molecule is NNC(c1ncc[nH]1)C1CCOC2(CCC2)C1. The zero-order valence-electron chi connectivity index (χ0n) is 9.98. The topological polar surface area (TPSA) is 76.0 Å². The Bertz CT molecular complexity index is 361. The summed E-state index contributed by atoms with van der Waals surface area (Å²) in [5.74, 6) is 7.14. The third-order valence-corrected chi connectivity index (χ3v) is 4.26. The highest BCUT2D eigenvalue weighted by Gasteiger charge is 2.44. The number of ether oxygens (including phenoxy) is 1. The molecule has 1 aromatic heterocycles. The van der Waals surface area contributed by atoms with E-state index in [2.05, 4.69) is 15.4 Å². The van der Waals surface area contributed by atoms with Crippen molar-refractivity contribution in [2.75, 3.05) is 6.61 Å². The molecular formula is C12H20N4O. The predicted molar refractivity (Wildman–Crippen MR) is 63.9 cm³/mol. The molecule has 2 unspecified atom stereocenters. The second kappa shape index (κ2) is 4.40. The van der Waals surface area contributed by atoms with Gasteiger partial charge in [0, 0.05) is 19.0 Å². The Morgan fingerprint density at radius 1 is 1.59 bits per heavy atom. The van der Waals surface area contributed by atoms with Crippen LogP contribution in [0.4, 0.5) is 0 Å². The molecule has 1 aliphatic carbocycles. The molecule has 17 heavy (non-hydrogen) atoms. The lowest BCUT2D eigenvalue weighted by Crippen LogP contribution is -2.48. The van der Waals surface area contributed by atoms with Crippen molar-refractivity contribution in [1.82, 2.24) is 15.4 Å². The normalized spacial score (nSPS) is 28.9. The van der Waals surface area contributed by atoms with Gasteiger partial charge in [-0.15, -0.1) is 0 Å². The molecular weight excluding hydrogens is 216 g/mol. The Hall–Kier alpha value is -0.910. The number of aromatic nitrogens is 2. The molecule has 2 heterocycles. The monoisotopic (exact) mass is 236 g/mol. The van der Waals surface area contributed by atoms with E-state index in [1.54, 1.807) is 6.20 Å². The maximum Gasteiger partial charge on any atom is 0.124 e. The van der Waals surface area contributed by atoms with Gasteiger partial charge in [0.25, 0.3) is 0 Å². The van der Waals surface area contributed by atoms with Gasteiger partial charge in [-0.3, -0.25) is 5.84 Å². The van der Waals surface area contributed by atoms with Crippen molar-refractivity contribution in [3.63, 3.8) is 0 Å². The lowest BCUT2D eigenvalue weighted by molar-refractivity contribution is -0.147. The molecule has 1 spiro atoms. The van der Waals surface area contributed by atoms with Gasteiger partial charge in [-0.05, 0) is 38.0 Å². The summed E-state index contributed by atoms with van der Waals surface area (Å²) in [4.78, 5) is 7.47. The number of hydrogen-bond acceptors (Lipinski definition) is 4. The summed E-state index contributed by atoms with van der Waals surface area (Å²) in [7, 11) is 0. The first-order chi connectivity index (χ1) is 8.33. The van der Waals surface area contributed by atoms with Crippen molar-refractivity contribution >= 4 is 0 Å². The van der Waals surface area contributed by atoms with Crippen molar-refractivity contribution in [2.24, 2.45) is 11.8 Å². The zero-order chi connectivity index (χ0) is 11.7. The number of rotatable bonds is 3. The summed E-state index contributed by atoms with van der Waals surface area (Å²) in [6, 6.07) is 0.117. The van der Waals surface area contributed by atoms with Gasteiger partial charge >= 0.3 is 0 Å². The molecule has 2 atom stereocenters. The van der Waals surface area contributed by atoms with E-state index in [4.69, 9.17) is 10.6 Å². The van der Waals surface area contributed by atoms with E-state index in [0.717, 1.165) is 25.3 Å². The van der Waals surface area contributed by atoms with Gasteiger partial charge in [-0.1, -0.05) is 0 Å². The van der Waals surface area contributed by atoms with Crippen molar-refractivity contribution in [3.8, 4) is 0 Å². The van der Waals surface area contributed by atoms with Gasteiger partial charge < -0.3 is 9.72 Å². The third-order valence-electron chi connectivity index (χ3n) is 4.26. The molecule has 4 N–H and O–H groups in total. The van der Waals surface area contributed by atoms with Crippen LogP contribution in [0.2, 0.25) is 0 Å². The van der Waals surface area contributed by atoms with Gasteiger partial charge in [0.2, 0.25) is 0 Å². The molecule has 5 heteroatoms. The number of nitrogens with one attached hydrogen (secondary N) is 2. The van der Waals surface area contributed by atoms with E-state index in [0.29, 0.717) is 5.92 Å². The van der Waals surface area contributed by atoms with Crippen LogP contribution in [0, 0.1) is 5.92 Å². The standard InChI is InChI=1S/C12H20N4O/c13-16-10(11-14-5-6-15-11)9-2-7-17-12(8-9)3-1-4-12/h5-6,9-10,16H,1-4,7-8,13H2,(H,14,15). The first-order valence-electron chi connectivity index (χ1n) is 6.42. The summed E-state index contributed by atoms with van der Waals surface area (Å²) < 4.78 is 5.94. The van der Waals surface area contributed by atoms with Crippen LogP contribution in [0.1, 0.15) is 44.0 Å². The lowest BCUT2D eigenvalue weighted by atomic mass is 9.70. The molecule has 0 bridgehead atoms. The van der Waals surface area contributed by atoms with Crippen LogP contribution in [0.25, 0.3) is 0 Å². The highest BCUT2D eigenvalue weighted by molar-refractivity contribution is 5.02. The molecule has 94 valence electrons. The fraction of sp³-hybridized carbons (Fsp3) is 0.750. The highest BCUT2D eigenvalue weighted by Crippen LogP contribution is 2.46. The molecule has 0 radical (unpaired) electrons. The summed E-state index contributed by atoms with van der Waals surface area (Å²) in [6.45, 7) is 0.851. The van der Waals surface area contributed by atoms with E-state index in [1.807, 2.05) is 6.20 Å². The second-order valence-electron chi connectivity index (χ2n) is 5.26. The molecule has 2 aliphatic rings. The largest absolute Gasteiger partial charge is 0.375 e. The van der Waals surface area contributed by atoms with Gasteiger partial charge in [0.15, 0.2) is 0 Å². The van der Waals surface area contributed by atoms with Gasteiger partial charge in [0.05, 0.1) is 11.6 Å². The predicted octanol–water partition coefficient (Wildman–Crippen LogP) is 1.26. The molecule has 0 aromatic carbocycles. The van der Waals surface area contributed by atoms with Crippen LogP contribution < -0.4 is 11.3 Å². The quantitative estimate of drug-likeness (QED) is 0.545. The highest BCUT2D eigenvalue weighted by atomic mass is 16.5. The first kappa shape index (κ1) is 11.2. The van der Waals surface area contributed by atoms with Crippen LogP contribution in [-0.4, -0.2) is 22.2 Å². The molecule has 1 aromatic rings. The van der Waals surface area contributed by atoms with Crippen LogP contribution in [-0.2, 0) is 4.74 Å². The Labute approximate surface area is 101 Å². The van der Waals surface area contributed by atoms with Crippen LogP contribution in [0.3, 0.4) is 0 Å². The zero-order valence-corrected chi connectivity index (χ0v) is 9.98. The van der Waals surface area contributed by atoms with Crippen LogP contribution in [0.15, 0.2) is 12.4 Å². The van der Waals surface area contributed by atoms with Gasteiger partial charge in [0.1, 0.15) is 5.82 Å². The number of nitrogens with zero attached hydrogens (tertiary/aromatic N) is 1. The van der Waals surface area contributed by atoms with Gasteiger partial charge in [-0.2, -0.15) is 0 Å². The van der Waals surface area contributed by atoms with Crippen molar-refractivity contribution < 1.29 is 4.74 Å². The first-order valence-corrected chi connectivity index (χ1v) is 6.42. The maximum atomic E-state index is 5.94. The van der Waals surface area contributed by atoms with E-state index in [9.17, 15) is 0 Å². The average molecular weight is 236 g/mol. The lowest BCUT2D eigenvalue weighted by Gasteiger charge is -2.48. The van der Waals surface area contributed by atoms with Crippen molar-refractivity contribution in [3.05, 3.63) is 18.2 Å². The number of nitrogens with two attached hydrogens (primary N) is 1. The fourth-order valence-electron chi connectivity index (χ4n) is 3.16. The number of imidazole rings is 1. The van der Waals surface area contributed by atoms with E-state index < -0.39 is 0 Å². The summed E-state index contributed by atoms with van der Waals surface area (Å²) in [5.41, 5.74) is 3.07. The molecule has 1 saturated carbocycles. The third kappa shape index (κ3) is 1.99. The maximum absolute atomic E-state index is 5.94. The Morgan fingerprint density at radius 2 is 2.47 bits per heavy atom. The summed E-state index contributed by atoms with van der Waals surface area (Å²) in [5, 5.41) is 0. The van der Waals surface area contributed by atoms with Crippen LogP contribution in [0.5, 0.6) is 0 Å². The summed E-state index contributed by atoms with van der Waals surface area (Å²) >= 11 is 0. The Morgan fingerprint density at radius 3 is 3.06 bits per heavy atom. The van der Waals surface area contributed by atoms with E-state index >= 15 is 0 Å². The van der Waals surface area contributed by atoms with Gasteiger partial charge in [-0.25, -0.2) is 10.4 Å².